The summed E-state index contributed by atoms with van der Waals surface area (Å²) in [6.45, 7) is 7.42. The van der Waals surface area contributed by atoms with Crippen LogP contribution in [0.5, 0.6) is 0 Å². The van der Waals surface area contributed by atoms with Gasteiger partial charge in [-0.25, -0.2) is 4.68 Å². The van der Waals surface area contributed by atoms with Crippen LogP contribution in [0.1, 0.15) is 5.69 Å². The quantitative estimate of drug-likeness (QED) is 0.834. The Morgan fingerprint density at radius 3 is 2.45 bits per heavy atom. The summed E-state index contributed by atoms with van der Waals surface area (Å²) in [5, 5.41) is 4.28. The number of aryl methyl sites for hydroxylation is 1. The third-order valence-electron chi connectivity index (χ3n) is 4.03. The van der Waals surface area contributed by atoms with Crippen LogP contribution in [-0.2, 0) is 6.54 Å². The van der Waals surface area contributed by atoms with Gasteiger partial charge in [-0.05, 0) is 25.1 Å². The molecular formula is C16H21N5O. The zero-order chi connectivity index (χ0) is 15.4. The second-order valence-corrected chi connectivity index (χ2v) is 5.57. The summed E-state index contributed by atoms with van der Waals surface area (Å²) in [5.74, 6) is 0. The standard InChI is InChI=1S/C16H21N5O/c1-14-2-3-16(22)21(18-14)13-10-19-8-11-20(12-9-19)15-4-6-17-7-5-15/h2-7H,8-13H2,1H3. The fourth-order valence-electron chi connectivity index (χ4n) is 2.73. The molecule has 0 unspecified atom stereocenters. The molecule has 0 amide bonds. The Morgan fingerprint density at radius 1 is 1.00 bits per heavy atom. The Kier molecular flexibility index (Phi) is 4.48. The minimum absolute atomic E-state index is 0.0268. The maximum Gasteiger partial charge on any atom is 0.266 e. The summed E-state index contributed by atoms with van der Waals surface area (Å²) in [6, 6.07) is 7.44. The fourth-order valence-corrected chi connectivity index (χ4v) is 2.73. The van der Waals surface area contributed by atoms with Gasteiger partial charge >= 0.3 is 0 Å². The molecule has 0 aliphatic carbocycles. The maximum atomic E-state index is 11.7. The molecule has 0 aromatic carbocycles. The summed E-state index contributed by atoms with van der Waals surface area (Å²) in [6.07, 6.45) is 3.66. The van der Waals surface area contributed by atoms with E-state index < -0.39 is 0 Å². The maximum absolute atomic E-state index is 11.7. The number of hydrogen-bond donors (Lipinski definition) is 0. The average Bonchev–Trinajstić information content (AvgIpc) is 2.57. The Bertz CT molecular complexity index is 662. The number of rotatable bonds is 4. The molecule has 2 aromatic heterocycles. The van der Waals surface area contributed by atoms with Crippen molar-refractivity contribution in [3.05, 3.63) is 52.7 Å². The van der Waals surface area contributed by atoms with Crippen molar-refractivity contribution in [2.24, 2.45) is 0 Å². The lowest BCUT2D eigenvalue weighted by Crippen LogP contribution is -2.47. The van der Waals surface area contributed by atoms with Gasteiger partial charge in [-0.1, -0.05) is 0 Å². The molecule has 3 heterocycles. The zero-order valence-electron chi connectivity index (χ0n) is 12.9. The molecule has 1 aliphatic heterocycles. The van der Waals surface area contributed by atoms with Crippen LogP contribution in [0.25, 0.3) is 0 Å². The van der Waals surface area contributed by atoms with Crippen molar-refractivity contribution in [3.63, 3.8) is 0 Å². The second kappa shape index (κ2) is 6.70. The molecule has 3 rings (SSSR count). The van der Waals surface area contributed by atoms with Crippen LogP contribution in [0.2, 0.25) is 0 Å². The van der Waals surface area contributed by atoms with Gasteiger partial charge < -0.3 is 4.90 Å². The molecule has 6 nitrogen and oxygen atoms in total. The molecule has 1 saturated heterocycles. The molecule has 0 bridgehead atoms. The van der Waals surface area contributed by atoms with Crippen LogP contribution in [0.4, 0.5) is 5.69 Å². The molecule has 116 valence electrons. The zero-order valence-corrected chi connectivity index (χ0v) is 12.9. The molecule has 1 aliphatic rings. The third kappa shape index (κ3) is 3.51. The summed E-state index contributed by atoms with van der Waals surface area (Å²) < 4.78 is 1.56. The second-order valence-electron chi connectivity index (χ2n) is 5.57. The first-order valence-corrected chi connectivity index (χ1v) is 7.64. The van der Waals surface area contributed by atoms with Crippen LogP contribution in [0.3, 0.4) is 0 Å². The predicted molar refractivity (Wildman–Crippen MR) is 86.1 cm³/mol. The Hall–Kier alpha value is -2.21. The van der Waals surface area contributed by atoms with Crippen LogP contribution in [-0.4, -0.2) is 52.4 Å². The topological polar surface area (TPSA) is 54.3 Å². The van der Waals surface area contributed by atoms with Gasteiger partial charge in [0.1, 0.15) is 0 Å². The van der Waals surface area contributed by atoms with Crippen LogP contribution >= 0.6 is 0 Å². The number of anilines is 1. The molecule has 0 radical (unpaired) electrons. The van der Waals surface area contributed by atoms with Gasteiger partial charge in [0.05, 0.1) is 12.2 Å². The molecular weight excluding hydrogens is 278 g/mol. The van der Waals surface area contributed by atoms with Gasteiger partial charge in [0, 0.05) is 56.9 Å². The highest BCUT2D eigenvalue weighted by Crippen LogP contribution is 2.14. The minimum Gasteiger partial charge on any atom is -0.369 e. The Morgan fingerprint density at radius 2 is 1.73 bits per heavy atom. The first-order chi connectivity index (χ1) is 10.7. The Balaban J connectivity index is 1.52. The molecule has 2 aromatic rings. The third-order valence-corrected chi connectivity index (χ3v) is 4.03. The van der Waals surface area contributed by atoms with Crippen molar-refractivity contribution in [2.75, 3.05) is 37.6 Å². The highest BCUT2D eigenvalue weighted by Gasteiger charge is 2.17. The highest BCUT2D eigenvalue weighted by atomic mass is 16.1. The number of aromatic nitrogens is 3. The van der Waals surface area contributed by atoms with Crippen molar-refractivity contribution in [1.29, 1.82) is 0 Å². The predicted octanol–water partition coefficient (Wildman–Crippen LogP) is 0.769. The normalized spacial score (nSPS) is 16.0. The number of hydrogen-bond acceptors (Lipinski definition) is 5. The smallest absolute Gasteiger partial charge is 0.266 e. The van der Waals surface area contributed by atoms with Crippen molar-refractivity contribution < 1.29 is 0 Å². The van der Waals surface area contributed by atoms with Gasteiger partial charge in [0.2, 0.25) is 0 Å². The molecule has 0 saturated carbocycles. The highest BCUT2D eigenvalue weighted by molar-refractivity contribution is 5.44. The van der Waals surface area contributed by atoms with E-state index in [-0.39, 0.29) is 5.56 Å². The number of piperazine rings is 1. The largest absolute Gasteiger partial charge is 0.369 e. The first-order valence-electron chi connectivity index (χ1n) is 7.64. The summed E-state index contributed by atoms with van der Waals surface area (Å²) >= 11 is 0. The van der Waals surface area contributed by atoms with E-state index in [4.69, 9.17) is 0 Å². The lowest BCUT2D eigenvalue weighted by Gasteiger charge is -2.36. The number of pyridine rings is 1. The van der Waals surface area contributed by atoms with E-state index in [0.717, 1.165) is 38.4 Å². The minimum atomic E-state index is -0.0268. The SMILES string of the molecule is Cc1ccc(=O)n(CCN2CCN(c3ccncc3)CC2)n1. The van der Waals surface area contributed by atoms with E-state index in [2.05, 4.69) is 19.9 Å². The van der Waals surface area contributed by atoms with E-state index in [1.807, 2.05) is 31.5 Å². The summed E-state index contributed by atoms with van der Waals surface area (Å²) in [7, 11) is 0. The number of nitrogens with zero attached hydrogens (tertiary/aromatic N) is 5. The van der Waals surface area contributed by atoms with Gasteiger partial charge in [-0.2, -0.15) is 5.10 Å². The van der Waals surface area contributed by atoms with E-state index >= 15 is 0 Å². The van der Waals surface area contributed by atoms with Crippen molar-refractivity contribution in [3.8, 4) is 0 Å². The van der Waals surface area contributed by atoms with Crippen molar-refractivity contribution in [1.82, 2.24) is 19.7 Å². The van der Waals surface area contributed by atoms with Crippen LogP contribution < -0.4 is 10.5 Å². The van der Waals surface area contributed by atoms with Crippen LogP contribution in [0, 0.1) is 6.92 Å². The van der Waals surface area contributed by atoms with E-state index in [0.29, 0.717) is 6.54 Å². The average molecular weight is 299 g/mol. The summed E-state index contributed by atoms with van der Waals surface area (Å²) in [5.41, 5.74) is 2.08. The van der Waals surface area contributed by atoms with Gasteiger partial charge in [-0.15, -0.1) is 0 Å². The Labute approximate surface area is 130 Å². The lowest BCUT2D eigenvalue weighted by molar-refractivity contribution is 0.242. The molecule has 22 heavy (non-hydrogen) atoms. The molecule has 0 atom stereocenters. The van der Waals surface area contributed by atoms with E-state index in [1.165, 1.54) is 5.69 Å². The fraction of sp³-hybridized carbons (Fsp3) is 0.438. The van der Waals surface area contributed by atoms with E-state index in [9.17, 15) is 4.79 Å². The monoisotopic (exact) mass is 299 g/mol. The molecule has 6 heteroatoms. The van der Waals surface area contributed by atoms with E-state index in [1.54, 1.807) is 16.8 Å². The molecule has 0 N–H and O–H groups in total. The van der Waals surface area contributed by atoms with Crippen LogP contribution in [0.15, 0.2) is 41.5 Å². The van der Waals surface area contributed by atoms with Gasteiger partial charge in [0.15, 0.2) is 0 Å². The van der Waals surface area contributed by atoms with Crippen molar-refractivity contribution in [2.45, 2.75) is 13.5 Å². The first kappa shape index (κ1) is 14.7. The molecule has 1 fully saturated rings. The van der Waals surface area contributed by atoms with Crippen molar-refractivity contribution >= 4 is 5.69 Å². The lowest BCUT2D eigenvalue weighted by atomic mass is 10.2. The van der Waals surface area contributed by atoms with Gasteiger partial charge in [-0.3, -0.25) is 14.7 Å². The molecule has 0 spiro atoms. The van der Waals surface area contributed by atoms with Gasteiger partial charge in [0.25, 0.3) is 5.56 Å². The summed E-state index contributed by atoms with van der Waals surface area (Å²) in [4.78, 5) is 20.6.